The zero-order valence-corrected chi connectivity index (χ0v) is 11.5. The summed E-state index contributed by atoms with van der Waals surface area (Å²) in [6.07, 6.45) is 0. The number of hydrogen-bond donors (Lipinski definition) is 1. The van der Waals surface area contributed by atoms with Crippen LogP contribution in [-0.4, -0.2) is 20.2 Å². The van der Waals surface area contributed by atoms with Crippen molar-refractivity contribution in [3.8, 4) is 5.69 Å². The van der Waals surface area contributed by atoms with Crippen molar-refractivity contribution in [1.29, 1.82) is 0 Å². The van der Waals surface area contributed by atoms with Crippen LogP contribution in [0.15, 0.2) is 59.8 Å². The van der Waals surface area contributed by atoms with E-state index in [1.54, 1.807) is 16.4 Å². The van der Waals surface area contributed by atoms with Gasteiger partial charge in [0.15, 0.2) is 0 Å². The van der Waals surface area contributed by atoms with Gasteiger partial charge in [-0.3, -0.25) is 0 Å². The summed E-state index contributed by atoms with van der Waals surface area (Å²) in [5.74, 6) is 0.776. The van der Waals surface area contributed by atoms with Crippen molar-refractivity contribution in [3.63, 3.8) is 0 Å². The van der Waals surface area contributed by atoms with Gasteiger partial charge in [-0.15, -0.1) is 5.10 Å². The first-order valence-corrected chi connectivity index (χ1v) is 7.12. The Labute approximate surface area is 120 Å². The largest absolute Gasteiger partial charge is 0.399 e. The minimum Gasteiger partial charge on any atom is -0.399 e. The van der Waals surface area contributed by atoms with Gasteiger partial charge in [0, 0.05) is 11.4 Å². The van der Waals surface area contributed by atoms with Crippen molar-refractivity contribution in [1.82, 2.24) is 20.2 Å². The lowest BCUT2D eigenvalue weighted by molar-refractivity contribution is 0.756. The van der Waals surface area contributed by atoms with E-state index in [9.17, 15) is 0 Å². The van der Waals surface area contributed by atoms with Gasteiger partial charge in [-0.2, -0.15) is 4.68 Å². The van der Waals surface area contributed by atoms with E-state index in [1.165, 1.54) is 0 Å². The highest BCUT2D eigenvalue weighted by atomic mass is 32.2. The topological polar surface area (TPSA) is 69.6 Å². The molecule has 0 saturated heterocycles. The van der Waals surface area contributed by atoms with E-state index in [4.69, 9.17) is 5.73 Å². The lowest BCUT2D eigenvalue weighted by Crippen LogP contribution is -1.98. The van der Waals surface area contributed by atoms with Gasteiger partial charge in [0.2, 0.25) is 5.16 Å². The second kappa shape index (κ2) is 5.75. The van der Waals surface area contributed by atoms with Gasteiger partial charge < -0.3 is 5.73 Å². The Bertz CT molecular complexity index is 696. The predicted molar refractivity (Wildman–Crippen MR) is 79.6 cm³/mol. The van der Waals surface area contributed by atoms with E-state index >= 15 is 0 Å². The monoisotopic (exact) mass is 283 g/mol. The van der Waals surface area contributed by atoms with E-state index in [0.29, 0.717) is 0 Å². The van der Waals surface area contributed by atoms with Gasteiger partial charge in [-0.1, -0.05) is 42.1 Å². The maximum atomic E-state index is 5.77. The number of nitrogen functional groups attached to an aromatic ring is 1. The smallest absolute Gasteiger partial charge is 0.214 e. The van der Waals surface area contributed by atoms with Crippen LogP contribution in [0, 0.1) is 0 Å². The highest BCUT2D eigenvalue weighted by Crippen LogP contribution is 2.23. The Balaban J connectivity index is 1.78. The number of aromatic nitrogens is 4. The molecule has 1 aromatic heterocycles. The average molecular weight is 283 g/mol. The molecule has 100 valence electrons. The van der Waals surface area contributed by atoms with Gasteiger partial charge in [0.25, 0.3) is 0 Å². The minimum absolute atomic E-state index is 0.763. The minimum atomic E-state index is 0.763. The van der Waals surface area contributed by atoms with Crippen molar-refractivity contribution < 1.29 is 0 Å². The summed E-state index contributed by atoms with van der Waals surface area (Å²) in [4.78, 5) is 0. The molecular weight excluding hydrogens is 270 g/mol. The van der Waals surface area contributed by atoms with E-state index < -0.39 is 0 Å². The summed E-state index contributed by atoms with van der Waals surface area (Å²) in [5, 5.41) is 12.6. The van der Waals surface area contributed by atoms with Crippen LogP contribution in [0.4, 0.5) is 5.69 Å². The van der Waals surface area contributed by atoms with E-state index in [0.717, 1.165) is 27.8 Å². The number of rotatable bonds is 4. The SMILES string of the molecule is Nc1cccc(CSc2nnnn2-c2ccccc2)c1. The fourth-order valence-electron chi connectivity index (χ4n) is 1.83. The maximum absolute atomic E-state index is 5.77. The normalized spacial score (nSPS) is 10.6. The standard InChI is InChI=1S/C14H13N5S/c15-12-6-4-5-11(9-12)10-20-14-16-17-18-19(14)13-7-2-1-3-8-13/h1-9H,10,15H2. The molecule has 3 rings (SSSR count). The highest BCUT2D eigenvalue weighted by molar-refractivity contribution is 7.98. The molecule has 2 N–H and O–H groups in total. The quantitative estimate of drug-likeness (QED) is 0.588. The van der Waals surface area contributed by atoms with Crippen molar-refractivity contribution in [2.75, 3.05) is 5.73 Å². The molecule has 0 unspecified atom stereocenters. The first-order chi connectivity index (χ1) is 9.83. The van der Waals surface area contributed by atoms with Crippen LogP contribution in [0.5, 0.6) is 0 Å². The molecule has 0 atom stereocenters. The first-order valence-electron chi connectivity index (χ1n) is 6.14. The molecule has 3 aromatic rings. The van der Waals surface area contributed by atoms with E-state index in [1.807, 2.05) is 54.6 Å². The van der Waals surface area contributed by atoms with Gasteiger partial charge >= 0.3 is 0 Å². The second-order valence-electron chi connectivity index (χ2n) is 4.24. The highest BCUT2D eigenvalue weighted by Gasteiger charge is 2.08. The van der Waals surface area contributed by atoms with Crippen molar-refractivity contribution in [3.05, 3.63) is 60.2 Å². The third-order valence-corrected chi connectivity index (χ3v) is 3.75. The number of para-hydroxylation sites is 1. The summed E-state index contributed by atoms with van der Waals surface area (Å²) in [6.45, 7) is 0. The van der Waals surface area contributed by atoms with Crippen LogP contribution in [0.3, 0.4) is 0 Å². The van der Waals surface area contributed by atoms with Gasteiger partial charge in [0.1, 0.15) is 0 Å². The Kier molecular flexibility index (Phi) is 3.64. The van der Waals surface area contributed by atoms with Gasteiger partial charge in [-0.05, 0) is 40.3 Å². The summed E-state index contributed by atoms with van der Waals surface area (Å²) >= 11 is 1.58. The Morgan fingerprint density at radius 3 is 2.70 bits per heavy atom. The molecule has 0 radical (unpaired) electrons. The van der Waals surface area contributed by atoms with Gasteiger partial charge in [0.05, 0.1) is 5.69 Å². The average Bonchev–Trinajstić information content (AvgIpc) is 2.95. The van der Waals surface area contributed by atoms with Crippen molar-refractivity contribution >= 4 is 17.4 Å². The van der Waals surface area contributed by atoms with Crippen LogP contribution in [0.25, 0.3) is 5.69 Å². The molecule has 1 heterocycles. The first kappa shape index (κ1) is 12.7. The molecule has 0 amide bonds. The lowest BCUT2D eigenvalue weighted by atomic mass is 10.2. The second-order valence-corrected chi connectivity index (χ2v) is 5.19. The Hall–Kier alpha value is -2.34. The lowest BCUT2D eigenvalue weighted by Gasteiger charge is -2.04. The van der Waals surface area contributed by atoms with Crippen LogP contribution >= 0.6 is 11.8 Å². The Morgan fingerprint density at radius 2 is 1.90 bits per heavy atom. The fourth-order valence-corrected chi connectivity index (χ4v) is 2.66. The molecule has 0 fully saturated rings. The Morgan fingerprint density at radius 1 is 1.05 bits per heavy atom. The summed E-state index contributed by atoms with van der Waals surface area (Å²) in [6, 6.07) is 17.7. The zero-order chi connectivity index (χ0) is 13.8. The molecule has 0 aliphatic heterocycles. The molecule has 6 heteroatoms. The maximum Gasteiger partial charge on any atom is 0.214 e. The van der Waals surface area contributed by atoms with Crippen LogP contribution < -0.4 is 5.73 Å². The molecule has 0 bridgehead atoms. The molecule has 0 aliphatic carbocycles. The summed E-state index contributed by atoms with van der Waals surface area (Å²) < 4.78 is 1.73. The third kappa shape index (κ3) is 2.80. The fraction of sp³-hybridized carbons (Fsp3) is 0.0714. The number of benzene rings is 2. The summed E-state index contributed by atoms with van der Waals surface area (Å²) in [5.41, 5.74) is 8.64. The number of tetrazole rings is 1. The third-order valence-electron chi connectivity index (χ3n) is 2.76. The number of nitrogens with zero attached hydrogens (tertiary/aromatic N) is 4. The van der Waals surface area contributed by atoms with Crippen LogP contribution in [0.2, 0.25) is 0 Å². The molecule has 0 spiro atoms. The zero-order valence-electron chi connectivity index (χ0n) is 10.7. The van der Waals surface area contributed by atoms with Crippen molar-refractivity contribution in [2.24, 2.45) is 0 Å². The van der Waals surface area contributed by atoms with Crippen molar-refractivity contribution in [2.45, 2.75) is 10.9 Å². The molecule has 20 heavy (non-hydrogen) atoms. The summed E-state index contributed by atoms with van der Waals surface area (Å²) in [7, 11) is 0. The van der Waals surface area contributed by atoms with Crippen LogP contribution in [-0.2, 0) is 5.75 Å². The van der Waals surface area contributed by atoms with E-state index in [2.05, 4.69) is 15.5 Å². The van der Waals surface area contributed by atoms with Gasteiger partial charge in [-0.25, -0.2) is 0 Å². The van der Waals surface area contributed by atoms with E-state index in [-0.39, 0.29) is 0 Å². The number of anilines is 1. The predicted octanol–water partition coefficient (Wildman–Crippen LogP) is 2.54. The molecule has 0 aliphatic rings. The number of nitrogens with two attached hydrogens (primary N) is 1. The molecular formula is C14H13N5S. The molecule has 2 aromatic carbocycles. The van der Waals surface area contributed by atoms with Crippen LogP contribution in [0.1, 0.15) is 5.56 Å². The number of hydrogen-bond acceptors (Lipinski definition) is 5. The number of thioether (sulfide) groups is 1. The molecule has 0 saturated carbocycles. The molecule has 5 nitrogen and oxygen atoms in total.